The van der Waals surface area contributed by atoms with Gasteiger partial charge in [0.1, 0.15) is 5.82 Å². The molecule has 1 saturated heterocycles. The van der Waals surface area contributed by atoms with Crippen molar-refractivity contribution in [2.45, 2.75) is 38.9 Å². The van der Waals surface area contributed by atoms with Crippen molar-refractivity contribution in [2.24, 2.45) is 0 Å². The first kappa shape index (κ1) is 16.7. The number of aromatic nitrogens is 1. The molecule has 5 nitrogen and oxygen atoms in total. The number of anilines is 1. The van der Waals surface area contributed by atoms with Crippen LogP contribution in [-0.2, 0) is 9.31 Å². The summed E-state index contributed by atoms with van der Waals surface area (Å²) >= 11 is 0. The van der Waals surface area contributed by atoms with E-state index in [-0.39, 0.29) is 5.91 Å². The molecule has 1 aliphatic heterocycles. The van der Waals surface area contributed by atoms with E-state index in [1.54, 1.807) is 24.4 Å². The molecular weight excluding hydrogens is 303 g/mol. The second-order valence-corrected chi connectivity index (χ2v) is 6.89. The predicted molar refractivity (Wildman–Crippen MR) is 94.3 cm³/mol. The first-order chi connectivity index (χ1) is 11.3. The molecule has 0 saturated carbocycles. The summed E-state index contributed by atoms with van der Waals surface area (Å²) in [5.74, 6) is 0.301. The Bertz CT molecular complexity index is 714. The number of carbonyl (C=O) groups excluding carboxylic acids is 1. The lowest BCUT2D eigenvalue weighted by Gasteiger charge is -2.32. The number of amides is 1. The third-order valence-electron chi connectivity index (χ3n) is 4.59. The highest BCUT2D eigenvalue weighted by Crippen LogP contribution is 2.36. The van der Waals surface area contributed by atoms with Crippen molar-refractivity contribution in [2.75, 3.05) is 5.32 Å². The van der Waals surface area contributed by atoms with Crippen LogP contribution in [0.25, 0.3) is 0 Å². The van der Waals surface area contributed by atoms with Gasteiger partial charge in [0, 0.05) is 17.2 Å². The minimum Gasteiger partial charge on any atom is -0.399 e. The smallest absolute Gasteiger partial charge is 0.399 e. The fraction of sp³-hybridized carbons (Fsp3) is 0.333. The van der Waals surface area contributed by atoms with E-state index < -0.39 is 18.3 Å². The van der Waals surface area contributed by atoms with Crippen LogP contribution < -0.4 is 10.8 Å². The zero-order chi connectivity index (χ0) is 17.4. The number of hydrogen-bond acceptors (Lipinski definition) is 4. The number of hydrogen-bond donors (Lipinski definition) is 1. The summed E-state index contributed by atoms with van der Waals surface area (Å²) in [7, 11) is -0.457. The molecule has 0 unspecified atom stereocenters. The maximum absolute atomic E-state index is 12.1. The zero-order valence-electron chi connectivity index (χ0n) is 14.4. The lowest BCUT2D eigenvalue weighted by Crippen LogP contribution is -2.41. The molecule has 1 N–H and O–H groups in total. The predicted octanol–water partition coefficient (Wildman–Crippen LogP) is 2.63. The molecule has 0 aliphatic carbocycles. The molecule has 0 spiro atoms. The Morgan fingerprint density at radius 3 is 2.17 bits per heavy atom. The molecule has 0 radical (unpaired) electrons. The van der Waals surface area contributed by atoms with Crippen molar-refractivity contribution in [1.29, 1.82) is 0 Å². The van der Waals surface area contributed by atoms with Crippen LogP contribution >= 0.6 is 0 Å². The monoisotopic (exact) mass is 324 g/mol. The fourth-order valence-corrected chi connectivity index (χ4v) is 2.38. The van der Waals surface area contributed by atoms with Crippen molar-refractivity contribution in [3.8, 4) is 0 Å². The summed E-state index contributed by atoms with van der Waals surface area (Å²) in [6.45, 7) is 8.04. The van der Waals surface area contributed by atoms with E-state index in [4.69, 9.17) is 9.31 Å². The highest BCUT2D eigenvalue weighted by atomic mass is 16.7. The maximum Gasteiger partial charge on any atom is 0.496 e. The van der Waals surface area contributed by atoms with Crippen LogP contribution in [-0.4, -0.2) is 29.2 Å². The van der Waals surface area contributed by atoms with Crippen LogP contribution in [0.5, 0.6) is 0 Å². The SMILES string of the molecule is CC1(C)OB(c2ccc(NC(=O)c3ccccc3)nc2)OC1(C)C. The molecule has 1 aromatic carbocycles. The van der Waals surface area contributed by atoms with Gasteiger partial charge in [-0.15, -0.1) is 0 Å². The standard InChI is InChI=1S/C18H21BN2O3/c1-17(2)18(3,4)24-19(23-17)14-10-11-15(20-12-14)21-16(22)13-8-6-5-7-9-13/h5-12H,1-4H3,(H,20,21,22). The van der Waals surface area contributed by atoms with E-state index in [1.165, 1.54) is 0 Å². The summed E-state index contributed by atoms with van der Waals surface area (Å²) in [6, 6.07) is 12.6. The van der Waals surface area contributed by atoms with Crippen molar-refractivity contribution >= 4 is 24.3 Å². The zero-order valence-corrected chi connectivity index (χ0v) is 14.4. The van der Waals surface area contributed by atoms with Gasteiger partial charge in [-0.2, -0.15) is 0 Å². The topological polar surface area (TPSA) is 60.5 Å². The van der Waals surface area contributed by atoms with E-state index in [0.29, 0.717) is 11.4 Å². The molecule has 6 heteroatoms. The van der Waals surface area contributed by atoms with Gasteiger partial charge in [0.15, 0.2) is 0 Å². The molecule has 2 heterocycles. The third-order valence-corrected chi connectivity index (χ3v) is 4.59. The fourth-order valence-electron chi connectivity index (χ4n) is 2.38. The Kier molecular flexibility index (Phi) is 4.19. The van der Waals surface area contributed by atoms with Gasteiger partial charge in [-0.25, -0.2) is 4.98 Å². The number of nitrogens with one attached hydrogen (secondary N) is 1. The van der Waals surface area contributed by atoms with Gasteiger partial charge in [-0.3, -0.25) is 4.79 Å². The van der Waals surface area contributed by atoms with Crippen molar-refractivity contribution in [1.82, 2.24) is 4.98 Å². The van der Waals surface area contributed by atoms with Crippen LogP contribution in [0.4, 0.5) is 5.82 Å². The maximum atomic E-state index is 12.1. The summed E-state index contributed by atoms with van der Waals surface area (Å²) in [6.07, 6.45) is 1.67. The molecule has 3 rings (SSSR count). The lowest BCUT2D eigenvalue weighted by atomic mass is 9.80. The van der Waals surface area contributed by atoms with Gasteiger partial charge in [-0.1, -0.05) is 24.3 Å². The van der Waals surface area contributed by atoms with Crippen molar-refractivity contribution in [3.05, 3.63) is 54.2 Å². The molecular formula is C18H21BN2O3. The number of benzene rings is 1. The Labute approximate surface area is 142 Å². The molecule has 0 atom stereocenters. The van der Waals surface area contributed by atoms with Crippen LogP contribution in [0.3, 0.4) is 0 Å². The van der Waals surface area contributed by atoms with Gasteiger partial charge in [0.05, 0.1) is 11.2 Å². The van der Waals surface area contributed by atoms with Crippen LogP contribution in [0.15, 0.2) is 48.7 Å². The number of rotatable bonds is 3. The van der Waals surface area contributed by atoms with Gasteiger partial charge in [0.25, 0.3) is 5.91 Å². The average molecular weight is 324 g/mol. The number of carbonyl (C=O) groups is 1. The van der Waals surface area contributed by atoms with Gasteiger partial charge < -0.3 is 14.6 Å². The van der Waals surface area contributed by atoms with Gasteiger partial charge in [0.2, 0.25) is 0 Å². The van der Waals surface area contributed by atoms with Crippen LogP contribution in [0.1, 0.15) is 38.1 Å². The Balaban J connectivity index is 1.70. The molecule has 0 bridgehead atoms. The quantitative estimate of drug-likeness (QED) is 0.882. The van der Waals surface area contributed by atoms with Crippen molar-refractivity contribution < 1.29 is 14.1 Å². The van der Waals surface area contributed by atoms with Crippen molar-refractivity contribution in [3.63, 3.8) is 0 Å². The van der Waals surface area contributed by atoms with Gasteiger partial charge >= 0.3 is 7.12 Å². The molecule has 1 amide bonds. The third kappa shape index (κ3) is 3.20. The van der Waals surface area contributed by atoms with E-state index in [1.807, 2.05) is 52.0 Å². The highest BCUT2D eigenvalue weighted by Gasteiger charge is 2.51. The minimum atomic E-state index is -0.457. The Morgan fingerprint density at radius 2 is 1.62 bits per heavy atom. The van der Waals surface area contributed by atoms with E-state index in [2.05, 4.69) is 10.3 Å². The van der Waals surface area contributed by atoms with Crippen LogP contribution in [0, 0.1) is 0 Å². The number of pyridine rings is 1. The van der Waals surface area contributed by atoms with Gasteiger partial charge in [-0.05, 0) is 45.9 Å². The van der Waals surface area contributed by atoms with E-state index >= 15 is 0 Å². The first-order valence-corrected chi connectivity index (χ1v) is 7.96. The molecule has 24 heavy (non-hydrogen) atoms. The summed E-state index contributed by atoms with van der Waals surface area (Å²) in [4.78, 5) is 16.4. The summed E-state index contributed by atoms with van der Waals surface area (Å²) in [5, 5.41) is 2.78. The number of nitrogens with zero attached hydrogens (tertiary/aromatic N) is 1. The molecule has 2 aromatic rings. The largest absolute Gasteiger partial charge is 0.496 e. The van der Waals surface area contributed by atoms with E-state index in [0.717, 1.165) is 5.46 Å². The van der Waals surface area contributed by atoms with E-state index in [9.17, 15) is 4.79 Å². The Hall–Kier alpha value is -2.18. The minimum absolute atomic E-state index is 0.188. The normalized spacial score (nSPS) is 18.4. The second kappa shape index (κ2) is 6.04. The summed E-state index contributed by atoms with van der Waals surface area (Å²) < 4.78 is 12.0. The Morgan fingerprint density at radius 1 is 1.00 bits per heavy atom. The molecule has 1 aliphatic rings. The molecule has 124 valence electrons. The molecule has 1 fully saturated rings. The first-order valence-electron chi connectivity index (χ1n) is 7.96. The highest BCUT2D eigenvalue weighted by molar-refractivity contribution is 6.62. The summed E-state index contributed by atoms with van der Waals surface area (Å²) in [5.41, 5.74) is 0.635. The lowest BCUT2D eigenvalue weighted by molar-refractivity contribution is 0.00578. The second-order valence-electron chi connectivity index (χ2n) is 6.89. The average Bonchev–Trinajstić information content (AvgIpc) is 2.77. The molecule has 1 aromatic heterocycles. The van der Waals surface area contributed by atoms with Crippen LogP contribution in [0.2, 0.25) is 0 Å².